The normalized spacial score (nSPS) is 20.3. The smallest absolute Gasteiger partial charge is 0.341 e. The minimum atomic E-state index is -1.06. The fraction of sp³-hybridized carbons (Fsp3) is 0.278. The van der Waals surface area contributed by atoms with Crippen molar-refractivity contribution in [1.82, 2.24) is 14.6 Å². The Kier molecular flexibility index (Phi) is 3.63. The topological polar surface area (TPSA) is 70.7 Å². The first-order chi connectivity index (χ1) is 12.0. The molecule has 1 N–H and O–H groups in total. The minimum Gasteiger partial charge on any atom is -0.477 e. The summed E-state index contributed by atoms with van der Waals surface area (Å²) in [4.78, 5) is 18.0. The largest absolute Gasteiger partial charge is 0.477 e. The molecule has 0 aliphatic carbocycles. The Morgan fingerprint density at radius 2 is 2.20 bits per heavy atom. The van der Waals surface area contributed by atoms with Crippen molar-refractivity contribution in [2.75, 3.05) is 11.4 Å². The number of carbonyl (C=O) groups is 1. The van der Waals surface area contributed by atoms with Gasteiger partial charge in [-0.3, -0.25) is 0 Å². The summed E-state index contributed by atoms with van der Waals surface area (Å²) in [5, 5.41) is 13.3. The predicted molar refractivity (Wildman–Crippen MR) is 90.2 cm³/mol. The molecule has 1 saturated heterocycles. The number of halogens is 1. The minimum absolute atomic E-state index is 0.00171. The molecule has 0 amide bonds. The lowest BCUT2D eigenvalue weighted by Gasteiger charge is -2.28. The number of hydrogen-bond acceptors (Lipinski definition) is 4. The molecular formula is C18H17FN4O2. The van der Waals surface area contributed by atoms with E-state index >= 15 is 0 Å². The Morgan fingerprint density at radius 1 is 1.36 bits per heavy atom. The van der Waals surface area contributed by atoms with Crippen LogP contribution in [0.3, 0.4) is 0 Å². The molecule has 2 aromatic heterocycles. The van der Waals surface area contributed by atoms with Crippen LogP contribution in [-0.2, 0) is 0 Å². The van der Waals surface area contributed by atoms with Crippen LogP contribution in [0.25, 0.3) is 5.65 Å². The molecule has 1 aromatic carbocycles. The van der Waals surface area contributed by atoms with E-state index < -0.39 is 5.97 Å². The second kappa shape index (κ2) is 5.84. The first-order valence-corrected chi connectivity index (χ1v) is 8.14. The van der Waals surface area contributed by atoms with Crippen LogP contribution < -0.4 is 4.90 Å². The zero-order valence-corrected chi connectivity index (χ0v) is 13.6. The number of anilines is 1. The molecule has 4 rings (SSSR count). The number of fused-ring (bicyclic) bond motifs is 1. The van der Waals surface area contributed by atoms with E-state index in [0.29, 0.717) is 17.4 Å². The van der Waals surface area contributed by atoms with Crippen molar-refractivity contribution in [1.29, 1.82) is 0 Å². The lowest BCUT2D eigenvalue weighted by Crippen LogP contribution is -2.26. The maximum Gasteiger partial charge on any atom is 0.341 e. The van der Waals surface area contributed by atoms with Gasteiger partial charge in [-0.05, 0) is 36.1 Å². The van der Waals surface area contributed by atoms with E-state index in [4.69, 9.17) is 0 Å². The third-order valence-corrected chi connectivity index (χ3v) is 4.77. The lowest BCUT2D eigenvalue weighted by atomic mass is 9.95. The SMILES string of the molecule is CC1CCN(c2ccn3ncc(C(=O)O)c3n2)C1c1cccc(F)c1. The van der Waals surface area contributed by atoms with Crippen molar-refractivity contribution in [3.05, 3.63) is 59.7 Å². The number of aromatic nitrogens is 3. The quantitative estimate of drug-likeness (QED) is 0.793. The van der Waals surface area contributed by atoms with Crippen molar-refractivity contribution in [2.24, 2.45) is 5.92 Å². The standard InChI is InChI=1S/C18H17FN4O2/c1-11-5-7-22(16(11)12-3-2-4-13(19)9-12)15-6-8-23-17(21-15)14(10-20-23)18(24)25/h2-4,6,8-11,16H,5,7H2,1H3,(H,24,25). The van der Waals surface area contributed by atoms with E-state index in [9.17, 15) is 14.3 Å². The average Bonchev–Trinajstić information content (AvgIpc) is 3.17. The van der Waals surface area contributed by atoms with Gasteiger partial charge in [0, 0.05) is 12.7 Å². The van der Waals surface area contributed by atoms with Crippen LogP contribution in [0.5, 0.6) is 0 Å². The van der Waals surface area contributed by atoms with Crippen molar-refractivity contribution < 1.29 is 14.3 Å². The maximum absolute atomic E-state index is 13.7. The van der Waals surface area contributed by atoms with Gasteiger partial charge in [0.15, 0.2) is 5.65 Å². The van der Waals surface area contributed by atoms with E-state index in [1.165, 1.54) is 16.8 Å². The molecule has 25 heavy (non-hydrogen) atoms. The molecule has 0 saturated carbocycles. The number of carboxylic acids is 1. The molecule has 0 bridgehead atoms. The Labute approximate surface area is 143 Å². The second-order valence-electron chi connectivity index (χ2n) is 6.38. The van der Waals surface area contributed by atoms with Crippen molar-refractivity contribution in [3.63, 3.8) is 0 Å². The number of rotatable bonds is 3. The summed E-state index contributed by atoms with van der Waals surface area (Å²) in [6.07, 6.45) is 3.96. The van der Waals surface area contributed by atoms with Crippen LogP contribution in [0.15, 0.2) is 42.7 Å². The second-order valence-corrected chi connectivity index (χ2v) is 6.38. The monoisotopic (exact) mass is 340 g/mol. The van der Waals surface area contributed by atoms with Crippen LogP contribution in [0.2, 0.25) is 0 Å². The number of benzene rings is 1. The molecule has 7 heteroatoms. The summed E-state index contributed by atoms with van der Waals surface area (Å²) in [7, 11) is 0. The molecule has 128 valence electrons. The van der Waals surface area contributed by atoms with Crippen LogP contribution in [-0.4, -0.2) is 32.2 Å². The van der Waals surface area contributed by atoms with Crippen LogP contribution >= 0.6 is 0 Å². The summed E-state index contributed by atoms with van der Waals surface area (Å²) < 4.78 is 15.1. The molecule has 3 aromatic rings. The summed E-state index contributed by atoms with van der Waals surface area (Å²) in [6.45, 7) is 2.91. The van der Waals surface area contributed by atoms with Crippen molar-refractivity contribution in [2.45, 2.75) is 19.4 Å². The van der Waals surface area contributed by atoms with Crippen LogP contribution in [0.4, 0.5) is 10.2 Å². The van der Waals surface area contributed by atoms with E-state index in [2.05, 4.69) is 21.9 Å². The molecule has 0 spiro atoms. The van der Waals surface area contributed by atoms with Gasteiger partial charge in [-0.2, -0.15) is 5.10 Å². The summed E-state index contributed by atoms with van der Waals surface area (Å²) >= 11 is 0. The zero-order valence-electron chi connectivity index (χ0n) is 13.6. The fourth-order valence-corrected chi connectivity index (χ4v) is 3.57. The maximum atomic E-state index is 13.7. The van der Waals surface area contributed by atoms with Gasteiger partial charge in [-0.25, -0.2) is 18.7 Å². The number of aromatic carboxylic acids is 1. The molecule has 2 atom stereocenters. The lowest BCUT2D eigenvalue weighted by molar-refractivity contribution is 0.0698. The summed E-state index contributed by atoms with van der Waals surface area (Å²) in [5.41, 5.74) is 1.28. The fourth-order valence-electron chi connectivity index (χ4n) is 3.57. The highest BCUT2D eigenvalue weighted by Crippen LogP contribution is 2.39. The van der Waals surface area contributed by atoms with E-state index in [-0.39, 0.29) is 17.4 Å². The molecule has 1 fully saturated rings. The Hall–Kier alpha value is -2.96. The van der Waals surface area contributed by atoms with Gasteiger partial charge in [0.1, 0.15) is 17.2 Å². The number of nitrogens with zero attached hydrogens (tertiary/aromatic N) is 4. The highest BCUT2D eigenvalue weighted by molar-refractivity contribution is 5.94. The number of carboxylic acid groups (broad SMARTS) is 1. The van der Waals surface area contributed by atoms with Gasteiger partial charge in [-0.15, -0.1) is 0 Å². The van der Waals surface area contributed by atoms with Crippen LogP contribution in [0.1, 0.15) is 35.3 Å². The van der Waals surface area contributed by atoms with E-state index in [0.717, 1.165) is 18.5 Å². The molecule has 2 unspecified atom stereocenters. The van der Waals surface area contributed by atoms with Crippen molar-refractivity contribution >= 4 is 17.4 Å². The van der Waals surface area contributed by atoms with Gasteiger partial charge in [0.05, 0.1) is 12.2 Å². The first kappa shape index (κ1) is 15.6. The molecule has 0 radical (unpaired) electrons. The molecule has 1 aliphatic heterocycles. The van der Waals surface area contributed by atoms with Crippen molar-refractivity contribution in [3.8, 4) is 0 Å². The van der Waals surface area contributed by atoms with Gasteiger partial charge < -0.3 is 10.0 Å². The summed E-state index contributed by atoms with van der Waals surface area (Å²) in [6, 6.07) is 8.44. The van der Waals surface area contributed by atoms with Gasteiger partial charge >= 0.3 is 5.97 Å². The Bertz CT molecular complexity index is 955. The Balaban J connectivity index is 1.78. The molecular weight excluding hydrogens is 323 g/mol. The van der Waals surface area contributed by atoms with Gasteiger partial charge in [-0.1, -0.05) is 19.1 Å². The highest BCUT2D eigenvalue weighted by atomic mass is 19.1. The molecule has 6 nitrogen and oxygen atoms in total. The van der Waals surface area contributed by atoms with Gasteiger partial charge in [0.2, 0.25) is 0 Å². The molecule has 3 heterocycles. The van der Waals surface area contributed by atoms with Crippen LogP contribution in [0, 0.1) is 11.7 Å². The van der Waals surface area contributed by atoms with E-state index in [1.54, 1.807) is 18.3 Å². The van der Waals surface area contributed by atoms with Gasteiger partial charge in [0.25, 0.3) is 0 Å². The third kappa shape index (κ3) is 2.61. The third-order valence-electron chi connectivity index (χ3n) is 4.77. The first-order valence-electron chi connectivity index (χ1n) is 8.14. The average molecular weight is 340 g/mol. The predicted octanol–water partition coefficient (Wildman–Crippen LogP) is 3.15. The zero-order chi connectivity index (χ0) is 17.6. The Morgan fingerprint density at radius 3 is 2.96 bits per heavy atom. The highest BCUT2D eigenvalue weighted by Gasteiger charge is 2.33. The van der Waals surface area contributed by atoms with E-state index in [1.807, 2.05) is 12.1 Å². The number of hydrogen-bond donors (Lipinski definition) is 1. The molecule has 1 aliphatic rings. The summed E-state index contributed by atoms with van der Waals surface area (Å²) in [5.74, 6) is -0.308.